The van der Waals surface area contributed by atoms with Gasteiger partial charge in [0.25, 0.3) is 11.8 Å². The molecule has 1 aromatic heterocycles. The van der Waals surface area contributed by atoms with E-state index in [-0.39, 0.29) is 23.6 Å². The lowest BCUT2D eigenvalue weighted by Crippen LogP contribution is -2.32. The number of likely N-dealkylation sites (tertiary alicyclic amines) is 1. The number of carbonyl (C=O) groups is 2. The number of hydrogen-bond acceptors (Lipinski definition) is 4. The molecule has 0 saturated carbocycles. The van der Waals surface area contributed by atoms with E-state index in [4.69, 9.17) is 28.9 Å². The summed E-state index contributed by atoms with van der Waals surface area (Å²) in [6.45, 7) is 4.89. The zero-order chi connectivity index (χ0) is 26.4. The van der Waals surface area contributed by atoms with Gasteiger partial charge in [-0.05, 0) is 62.2 Å². The number of carbonyl (C=O) groups excluding carboxylic acids is 2. The van der Waals surface area contributed by atoms with Crippen molar-refractivity contribution in [3.8, 4) is 0 Å². The highest BCUT2D eigenvalue weighted by atomic mass is 35.5. The van der Waals surface area contributed by atoms with E-state index in [9.17, 15) is 13.8 Å². The summed E-state index contributed by atoms with van der Waals surface area (Å²) in [4.78, 5) is 31.6. The third-order valence-corrected chi connectivity index (χ3v) is 8.90. The van der Waals surface area contributed by atoms with E-state index in [1.807, 2.05) is 13.8 Å². The summed E-state index contributed by atoms with van der Waals surface area (Å²) in [6.07, 6.45) is 2.53. The van der Waals surface area contributed by atoms with Gasteiger partial charge in [-0.15, -0.1) is 0 Å². The molecule has 1 unspecified atom stereocenters. The predicted octanol–water partition coefficient (Wildman–Crippen LogP) is 4.91. The molecule has 3 aromatic rings. The second-order valence-corrected chi connectivity index (χ2v) is 11.6. The number of aromatic amines is 1. The van der Waals surface area contributed by atoms with Crippen LogP contribution >= 0.6 is 23.2 Å². The lowest BCUT2D eigenvalue weighted by Gasteiger charge is -2.16. The first-order valence-corrected chi connectivity index (χ1v) is 13.9. The molecule has 1 saturated heterocycles. The highest BCUT2D eigenvalue weighted by Gasteiger charge is 2.30. The number of nitrogens with two attached hydrogens (primary N) is 1. The average molecular weight is 558 g/mol. The molecule has 2 aromatic carbocycles. The fraction of sp³-hybridized carbons (Fsp3) is 0.259. The summed E-state index contributed by atoms with van der Waals surface area (Å²) in [5.41, 5.74) is 11.1. The molecular formula is C27H26Cl2N4O3S. The predicted molar refractivity (Wildman–Crippen MR) is 148 cm³/mol. The topological polar surface area (TPSA) is 108 Å². The maximum absolute atomic E-state index is 13.2. The van der Waals surface area contributed by atoms with Crippen LogP contribution in [0.1, 0.15) is 44.9 Å². The summed E-state index contributed by atoms with van der Waals surface area (Å²) in [5, 5.41) is 3.78. The molecule has 3 heterocycles. The highest BCUT2D eigenvalue weighted by Crippen LogP contribution is 2.36. The van der Waals surface area contributed by atoms with Gasteiger partial charge in [-0.2, -0.15) is 0 Å². The van der Waals surface area contributed by atoms with Crippen LogP contribution in [0.15, 0.2) is 41.3 Å². The largest absolute Gasteiger partial charge is 0.358 e. The molecule has 0 bridgehead atoms. The second kappa shape index (κ2) is 10.1. The molecule has 5 rings (SSSR count). The molecule has 4 N–H and O–H groups in total. The quantitative estimate of drug-likeness (QED) is 0.388. The maximum Gasteiger partial charge on any atom is 0.256 e. The number of H-pyrrole nitrogens is 1. The van der Waals surface area contributed by atoms with E-state index >= 15 is 0 Å². The van der Waals surface area contributed by atoms with Crippen LogP contribution in [-0.4, -0.2) is 45.0 Å². The van der Waals surface area contributed by atoms with Gasteiger partial charge in [0, 0.05) is 62.3 Å². The maximum atomic E-state index is 13.2. The minimum absolute atomic E-state index is 0.00234. The molecule has 2 aliphatic rings. The monoisotopic (exact) mass is 556 g/mol. The van der Waals surface area contributed by atoms with Crippen LogP contribution in [0.3, 0.4) is 0 Å². The number of fused-ring (bicyclic) bond motifs is 1. The van der Waals surface area contributed by atoms with Gasteiger partial charge in [0.15, 0.2) is 0 Å². The van der Waals surface area contributed by atoms with Gasteiger partial charge in [-0.25, -0.2) is 0 Å². The van der Waals surface area contributed by atoms with E-state index in [2.05, 4.69) is 10.3 Å². The molecule has 10 heteroatoms. The summed E-state index contributed by atoms with van der Waals surface area (Å²) in [7, 11) is -1.44. The van der Waals surface area contributed by atoms with Gasteiger partial charge in [0.1, 0.15) is 0 Å². The summed E-state index contributed by atoms with van der Waals surface area (Å²) in [5.74, 6) is -0.175. The molecule has 0 radical (unpaired) electrons. The third kappa shape index (κ3) is 4.86. The van der Waals surface area contributed by atoms with Gasteiger partial charge in [0.2, 0.25) is 0 Å². The lowest BCUT2D eigenvalue weighted by atomic mass is 10.0. The Morgan fingerprint density at radius 3 is 2.62 bits per heavy atom. The smallest absolute Gasteiger partial charge is 0.256 e. The summed E-state index contributed by atoms with van der Waals surface area (Å²) in [6, 6.07) is 10.4. The number of nitrogens with zero attached hydrogens (tertiary/aromatic N) is 1. The zero-order valence-electron chi connectivity index (χ0n) is 20.4. The first-order chi connectivity index (χ1) is 17.6. The Morgan fingerprint density at radius 2 is 1.95 bits per heavy atom. The number of hydrogen-bond donors (Lipinski definition) is 3. The molecule has 2 atom stereocenters. The number of anilines is 1. The molecule has 1 fully saturated rings. The Hall–Kier alpha value is -2.91. The second-order valence-electron chi connectivity index (χ2n) is 9.37. The molecule has 7 nitrogen and oxygen atoms in total. The van der Waals surface area contributed by atoms with Crippen LogP contribution in [0.25, 0.3) is 11.6 Å². The summed E-state index contributed by atoms with van der Waals surface area (Å²) < 4.78 is 13.2. The van der Waals surface area contributed by atoms with Crippen molar-refractivity contribution in [1.29, 1.82) is 0 Å². The molecule has 0 aliphatic carbocycles. The number of rotatable bonds is 5. The van der Waals surface area contributed by atoms with E-state index in [0.717, 1.165) is 17.7 Å². The molecule has 2 amide bonds. The Labute approximate surface area is 227 Å². The zero-order valence-corrected chi connectivity index (χ0v) is 22.7. The Morgan fingerprint density at radius 1 is 1.22 bits per heavy atom. The van der Waals surface area contributed by atoms with E-state index in [0.29, 0.717) is 61.7 Å². The van der Waals surface area contributed by atoms with Crippen molar-refractivity contribution in [3.05, 3.63) is 80.1 Å². The number of nitrogens with one attached hydrogen (secondary N) is 2. The molecule has 0 spiro atoms. The van der Waals surface area contributed by atoms with Gasteiger partial charge in [-0.1, -0.05) is 29.3 Å². The number of amides is 2. The van der Waals surface area contributed by atoms with Crippen LogP contribution in [0.4, 0.5) is 5.69 Å². The molecule has 37 heavy (non-hydrogen) atoms. The van der Waals surface area contributed by atoms with Crippen LogP contribution in [-0.2, 0) is 21.3 Å². The van der Waals surface area contributed by atoms with Crippen LogP contribution < -0.4 is 11.1 Å². The van der Waals surface area contributed by atoms with E-state index < -0.39 is 10.8 Å². The normalized spacial score (nSPS) is 18.8. The van der Waals surface area contributed by atoms with Crippen molar-refractivity contribution >= 4 is 63.2 Å². The van der Waals surface area contributed by atoms with Crippen molar-refractivity contribution in [3.63, 3.8) is 0 Å². The minimum atomic E-state index is -1.44. The fourth-order valence-corrected chi connectivity index (χ4v) is 6.75. The Bertz CT molecular complexity index is 1480. The fourth-order valence-electron chi connectivity index (χ4n) is 4.85. The van der Waals surface area contributed by atoms with Crippen molar-refractivity contribution in [2.24, 2.45) is 5.73 Å². The lowest BCUT2D eigenvalue weighted by molar-refractivity contribution is -0.110. The van der Waals surface area contributed by atoms with E-state index in [1.54, 1.807) is 47.4 Å². The average Bonchev–Trinajstić information content (AvgIpc) is 3.51. The van der Waals surface area contributed by atoms with Gasteiger partial charge in [-0.3, -0.25) is 13.8 Å². The third-order valence-electron chi connectivity index (χ3n) is 6.86. The number of aromatic nitrogens is 1. The molecular weight excluding hydrogens is 531 g/mol. The van der Waals surface area contributed by atoms with Crippen molar-refractivity contribution < 1.29 is 13.8 Å². The standard InChI is InChI=1S/C27H26Cl2N4O3S/c1-14-24(31-15(2)25(14)27(35)33-9-8-16(30)12-33)11-19-18-10-17(6-7-23(18)32-26(19)34)37(36)13-20-21(28)4-3-5-22(20)29/h3-7,10-11,16,31H,8-9,12-13,30H2,1-2H3,(H,32,34)/b19-11-/t16-,37?/m0/s1. The van der Waals surface area contributed by atoms with Crippen LogP contribution in [0.5, 0.6) is 0 Å². The van der Waals surface area contributed by atoms with E-state index in [1.165, 1.54) is 0 Å². The van der Waals surface area contributed by atoms with Gasteiger partial charge < -0.3 is 20.9 Å². The minimum Gasteiger partial charge on any atom is -0.358 e. The first kappa shape index (κ1) is 25.7. The van der Waals surface area contributed by atoms with Crippen molar-refractivity contribution in [2.45, 2.75) is 37.0 Å². The molecule has 2 aliphatic heterocycles. The SMILES string of the molecule is Cc1[nH]c(/C=C2\C(=O)Nc3ccc(S(=O)Cc4c(Cl)cccc4Cl)cc32)c(C)c1C(=O)N1CC[C@H](N)C1. The van der Waals surface area contributed by atoms with Crippen LogP contribution in [0.2, 0.25) is 10.0 Å². The number of benzene rings is 2. The first-order valence-electron chi connectivity index (χ1n) is 11.9. The summed E-state index contributed by atoms with van der Waals surface area (Å²) >= 11 is 12.5. The number of aryl methyl sites for hydroxylation is 1. The van der Waals surface area contributed by atoms with Crippen molar-refractivity contribution in [2.75, 3.05) is 18.4 Å². The Kier molecular flexibility index (Phi) is 7.02. The highest BCUT2D eigenvalue weighted by molar-refractivity contribution is 7.84. The van der Waals surface area contributed by atoms with Crippen LogP contribution in [0, 0.1) is 13.8 Å². The Balaban J connectivity index is 1.46. The van der Waals surface area contributed by atoms with Crippen molar-refractivity contribution in [1.82, 2.24) is 9.88 Å². The van der Waals surface area contributed by atoms with Gasteiger partial charge >= 0.3 is 0 Å². The molecule has 192 valence electrons. The number of halogens is 2. The van der Waals surface area contributed by atoms with Gasteiger partial charge in [0.05, 0.1) is 27.7 Å².